The van der Waals surface area contributed by atoms with Crippen LogP contribution in [0.15, 0.2) is 40.8 Å². The minimum atomic E-state index is -0.0198. The standard InChI is InChI=1S/C23H28N2O3/c1-16-8-9-20(28-16)22(27)25-12-10-23(11-13-25)15-17(14-21(26)24(2)3)18-6-4-5-7-19(18)23/h4-9,17H,10-15H2,1-3H3/t17-/m1/s1. The van der Waals surface area contributed by atoms with Crippen molar-refractivity contribution in [3.63, 3.8) is 0 Å². The van der Waals surface area contributed by atoms with Crippen LogP contribution in [0.3, 0.4) is 0 Å². The number of likely N-dealkylation sites (tertiary alicyclic amines) is 1. The van der Waals surface area contributed by atoms with Gasteiger partial charge in [0, 0.05) is 33.6 Å². The number of piperidine rings is 1. The molecule has 2 aliphatic rings. The Kier molecular flexibility index (Phi) is 4.77. The summed E-state index contributed by atoms with van der Waals surface area (Å²) in [5.41, 5.74) is 2.77. The Balaban J connectivity index is 1.51. The molecule has 1 aromatic carbocycles. The van der Waals surface area contributed by atoms with Crippen molar-refractivity contribution in [3.05, 3.63) is 59.0 Å². The molecule has 1 aliphatic carbocycles. The quantitative estimate of drug-likeness (QED) is 0.815. The van der Waals surface area contributed by atoms with Crippen LogP contribution < -0.4 is 0 Å². The van der Waals surface area contributed by atoms with Gasteiger partial charge in [-0.1, -0.05) is 24.3 Å². The molecular formula is C23H28N2O3. The zero-order chi connectivity index (χ0) is 19.9. The molecule has 2 aromatic rings. The maximum absolute atomic E-state index is 12.7. The third kappa shape index (κ3) is 3.23. The molecule has 2 heterocycles. The van der Waals surface area contributed by atoms with E-state index in [0.29, 0.717) is 12.2 Å². The second kappa shape index (κ2) is 7.12. The molecule has 0 N–H and O–H groups in total. The Morgan fingerprint density at radius 1 is 1.14 bits per heavy atom. The summed E-state index contributed by atoms with van der Waals surface area (Å²) < 4.78 is 5.52. The molecule has 5 heteroatoms. The van der Waals surface area contributed by atoms with Crippen molar-refractivity contribution >= 4 is 11.8 Å². The van der Waals surface area contributed by atoms with Crippen molar-refractivity contribution in [3.8, 4) is 0 Å². The molecule has 1 saturated heterocycles. The van der Waals surface area contributed by atoms with Gasteiger partial charge in [0.15, 0.2) is 5.76 Å². The third-order valence-corrected chi connectivity index (χ3v) is 6.49. The molecule has 4 rings (SSSR count). The highest BCUT2D eigenvalue weighted by atomic mass is 16.3. The van der Waals surface area contributed by atoms with E-state index in [1.165, 1.54) is 11.1 Å². The van der Waals surface area contributed by atoms with Crippen LogP contribution in [0, 0.1) is 6.92 Å². The summed E-state index contributed by atoms with van der Waals surface area (Å²) in [6, 6.07) is 12.2. The number of fused-ring (bicyclic) bond motifs is 2. The van der Waals surface area contributed by atoms with Gasteiger partial charge < -0.3 is 14.2 Å². The van der Waals surface area contributed by atoms with Crippen LogP contribution >= 0.6 is 0 Å². The molecule has 28 heavy (non-hydrogen) atoms. The van der Waals surface area contributed by atoms with Crippen LogP contribution in [0.4, 0.5) is 0 Å². The highest BCUT2D eigenvalue weighted by Crippen LogP contribution is 2.52. The second-order valence-corrected chi connectivity index (χ2v) is 8.46. The van der Waals surface area contributed by atoms with Gasteiger partial charge in [-0.25, -0.2) is 0 Å². The van der Waals surface area contributed by atoms with E-state index in [4.69, 9.17) is 4.42 Å². The average molecular weight is 380 g/mol. The van der Waals surface area contributed by atoms with Crippen LogP contribution in [0.1, 0.15) is 59.0 Å². The van der Waals surface area contributed by atoms with E-state index in [1.807, 2.05) is 32.0 Å². The third-order valence-electron chi connectivity index (χ3n) is 6.49. The fourth-order valence-electron chi connectivity index (χ4n) is 4.92. The van der Waals surface area contributed by atoms with E-state index < -0.39 is 0 Å². The summed E-state index contributed by atoms with van der Waals surface area (Å²) in [7, 11) is 3.64. The molecule has 0 saturated carbocycles. The van der Waals surface area contributed by atoms with Crippen molar-refractivity contribution in [2.75, 3.05) is 27.2 Å². The molecule has 0 unspecified atom stereocenters. The number of hydrogen-bond donors (Lipinski definition) is 0. The summed E-state index contributed by atoms with van der Waals surface area (Å²) in [5.74, 6) is 1.61. The van der Waals surface area contributed by atoms with Crippen LogP contribution in [0.2, 0.25) is 0 Å². The molecule has 1 aliphatic heterocycles. The van der Waals surface area contributed by atoms with Crippen LogP contribution in [0.25, 0.3) is 0 Å². The van der Waals surface area contributed by atoms with E-state index in [1.54, 1.807) is 11.0 Å². The predicted molar refractivity (Wildman–Crippen MR) is 107 cm³/mol. The average Bonchev–Trinajstić information content (AvgIpc) is 3.25. The van der Waals surface area contributed by atoms with Crippen molar-refractivity contribution in [2.24, 2.45) is 0 Å². The Morgan fingerprint density at radius 2 is 1.86 bits per heavy atom. The van der Waals surface area contributed by atoms with E-state index in [0.717, 1.165) is 38.1 Å². The first-order valence-electron chi connectivity index (χ1n) is 10.0. The molecule has 1 fully saturated rings. The molecule has 1 spiro atoms. The van der Waals surface area contributed by atoms with Crippen molar-refractivity contribution in [1.82, 2.24) is 9.80 Å². The number of carbonyl (C=O) groups excluding carboxylic acids is 2. The topological polar surface area (TPSA) is 53.8 Å². The highest BCUT2D eigenvalue weighted by Gasteiger charge is 2.46. The molecule has 1 aromatic heterocycles. The van der Waals surface area contributed by atoms with Crippen molar-refractivity contribution < 1.29 is 14.0 Å². The van der Waals surface area contributed by atoms with Gasteiger partial charge in [0.1, 0.15) is 5.76 Å². The maximum atomic E-state index is 12.7. The lowest BCUT2D eigenvalue weighted by Gasteiger charge is -2.40. The number of amides is 2. The lowest BCUT2D eigenvalue weighted by molar-refractivity contribution is -0.129. The number of benzene rings is 1. The van der Waals surface area contributed by atoms with E-state index in [2.05, 4.69) is 24.3 Å². The zero-order valence-corrected chi connectivity index (χ0v) is 16.9. The van der Waals surface area contributed by atoms with Gasteiger partial charge in [0.25, 0.3) is 5.91 Å². The van der Waals surface area contributed by atoms with Gasteiger partial charge in [-0.2, -0.15) is 0 Å². The lowest BCUT2D eigenvalue weighted by Crippen LogP contribution is -2.44. The fourth-order valence-corrected chi connectivity index (χ4v) is 4.92. The number of furan rings is 1. The Hall–Kier alpha value is -2.56. The van der Waals surface area contributed by atoms with E-state index >= 15 is 0 Å². The van der Waals surface area contributed by atoms with Crippen molar-refractivity contribution in [1.29, 1.82) is 0 Å². The second-order valence-electron chi connectivity index (χ2n) is 8.46. The van der Waals surface area contributed by atoms with Gasteiger partial charge in [0.05, 0.1) is 0 Å². The molecule has 0 radical (unpaired) electrons. The normalized spacial score (nSPS) is 20.2. The van der Waals surface area contributed by atoms with Crippen LogP contribution in [0.5, 0.6) is 0 Å². The number of nitrogens with zero attached hydrogens (tertiary/aromatic N) is 2. The molecule has 5 nitrogen and oxygen atoms in total. The molecule has 0 bridgehead atoms. The monoisotopic (exact) mass is 380 g/mol. The zero-order valence-electron chi connectivity index (χ0n) is 16.9. The van der Waals surface area contributed by atoms with Gasteiger partial charge in [-0.15, -0.1) is 0 Å². The summed E-state index contributed by atoms with van der Waals surface area (Å²) in [6.07, 6.45) is 3.41. The molecule has 2 amide bonds. The van der Waals surface area contributed by atoms with Crippen molar-refractivity contribution in [2.45, 2.75) is 43.9 Å². The van der Waals surface area contributed by atoms with Gasteiger partial charge in [-0.3, -0.25) is 9.59 Å². The van der Waals surface area contributed by atoms with Crippen LogP contribution in [-0.4, -0.2) is 48.8 Å². The van der Waals surface area contributed by atoms with E-state index in [9.17, 15) is 9.59 Å². The van der Waals surface area contributed by atoms with Crippen LogP contribution in [-0.2, 0) is 10.2 Å². The maximum Gasteiger partial charge on any atom is 0.289 e. The smallest absolute Gasteiger partial charge is 0.289 e. The highest BCUT2D eigenvalue weighted by molar-refractivity contribution is 5.91. The Labute approximate surface area is 166 Å². The summed E-state index contributed by atoms with van der Waals surface area (Å²) in [5, 5.41) is 0. The number of hydrogen-bond acceptors (Lipinski definition) is 3. The first-order chi connectivity index (χ1) is 13.4. The number of rotatable bonds is 3. The first-order valence-corrected chi connectivity index (χ1v) is 10.0. The minimum Gasteiger partial charge on any atom is -0.456 e. The lowest BCUT2D eigenvalue weighted by atomic mass is 9.73. The number of carbonyl (C=O) groups is 2. The molecule has 1 atom stereocenters. The predicted octanol–water partition coefficient (Wildman–Crippen LogP) is 3.73. The van der Waals surface area contributed by atoms with Gasteiger partial charge in [-0.05, 0) is 60.8 Å². The summed E-state index contributed by atoms with van der Waals surface area (Å²) in [4.78, 5) is 28.7. The summed E-state index contributed by atoms with van der Waals surface area (Å²) >= 11 is 0. The van der Waals surface area contributed by atoms with E-state index in [-0.39, 0.29) is 23.1 Å². The fraction of sp³-hybridized carbons (Fsp3) is 0.478. The first kappa shape index (κ1) is 18.8. The summed E-state index contributed by atoms with van der Waals surface area (Å²) in [6.45, 7) is 3.30. The largest absolute Gasteiger partial charge is 0.456 e. The number of aryl methyl sites for hydroxylation is 1. The molecular weight excluding hydrogens is 352 g/mol. The Bertz CT molecular complexity index is 891. The van der Waals surface area contributed by atoms with Gasteiger partial charge >= 0.3 is 0 Å². The van der Waals surface area contributed by atoms with Gasteiger partial charge in [0.2, 0.25) is 5.91 Å². The Morgan fingerprint density at radius 3 is 2.50 bits per heavy atom. The SMILES string of the molecule is Cc1ccc(C(=O)N2CCC3(CC2)C[C@@H](CC(=O)N(C)C)c2ccccc23)o1. The minimum absolute atomic E-state index is 0.0198. The molecule has 148 valence electrons.